The van der Waals surface area contributed by atoms with Crippen LogP contribution in [0.1, 0.15) is 47.4 Å². The summed E-state index contributed by atoms with van der Waals surface area (Å²) < 4.78 is 0. The zero-order chi connectivity index (χ0) is 15.9. The highest BCUT2D eigenvalue weighted by Crippen LogP contribution is 2.11. The van der Waals surface area contributed by atoms with Crippen LogP contribution in [-0.2, 0) is 19.3 Å². The van der Waals surface area contributed by atoms with E-state index >= 15 is 0 Å². The molecule has 3 nitrogen and oxygen atoms in total. The second-order valence-corrected chi connectivity index (χ2v) is 6.83. The molecule has 0 aliphatic heterocycles. The number of amides is 1. The van der Waals surface area contributed by atoms with Gasteiger partial charge in [0.25, 0.3) is 5.91 Å². The minimum Gasteiger partial charge on any atom is -0.352 e. The molecule has 0 aliphatic carbocycles. The normalized spacial score (nSPS) is 10.9. The van der Waals surface area contributed by atoms with Crippen LogP contribution in [0.5, 0.6) is 0 Å². The van der Waals surface area contributed by atoms with Gasteiger partial charge in [-0.3, -0.25) is 4.79 Å². The van der Waals surface area contributed by atoms with Crippen molar-refractivity contribution in [2.45, 2.75) is 40.0 Å². The van der Waals surface area contributed by atoms with Gasteiger partial charge in [-0.15, -0.1) is 11.3 Å². The van der Waals surface area contributed by atoms with Crippen molar-refractivity contribution in [3.63, 3.8) is 0 Å². The smallest absolute Gasteiger partial charge is 0.251 e. The molecule has 0 unspecified atom stereocenters. The third-order valence-corrected chi connectivity index (χ3v) is 4.47. The fraction of sp³-hybridized carbons (Fsp3) is 0.444. The molecule has 1 aromatic carbocycles. The lowest BCUT2D eigenvalue weighted by atomic mass is 10.0. The summed E-state index contributed by atoms with van der Waals surface area (Å²) in [6.45, 7) is 7.12. The van der Waals surface area contributed by atoms with Crippen LogP contribution in [0.15, 0.2) is 29.6 Å². The van der Waals surface area contributed by atoms with E-state index in [4.69, 9.17) is 0 Å². The predicted molar refractivity (Wildman–Crippen MR) is 92.5 cm³/mol. The highest BCUT2D eigenvalue weighted by molar-refractivity contribution is 7.09. The van der Waals surface area contributed by atoms with Crippen molar-refractivity contribution in [1.29, 1.82) is 0 Å². The van der Waals surface area contributed by atoms with Crippen molar-refractivity contribution in [3.8, 4) is 0 Å². The van der Waals surface area contributed by atoms with E-state index in [1.54, 1.807) is 11.3 Å². The van der Waals surface area contributed by atoms with Crippen LogP contribution in [-0.4, -0.2) is 17.4 Å². The van der Waals surface area contributed by atoms with Crippen molar-refractivity contribution < 1.29 is 4.79 Å². The number of hydrogen-bond donors (Lipinski definition) is 1. The Morgan fingerprint density at radius 1 is 1.27 bits per heavy atom. The van der Waals surface area contributed by atoms with Crippen LogP contribution >= 0.6 is 11.3 Å². The van der Waals surface area contributed by atoms with Gasteiger partial charge in [0, 0.05) is 23.9 Å². The lowest BCUT2D eigenvalue weighted by molar-refractivity contribution is 0.0954. The fourth-order valence-corrected chi connectivity index (χ4v) is 3.08. The topological polar surface area (TPSA) is 42.0 Å². The molecular weight excluding hydrogens is 292 g/mol. The molecular formula is C18H24N2OS. The van der Waals surface area contributed by atoms with E-state index in [1.807, 2.05) is 24.3 Å². The molecule has 1 amide bonds. The number of rotatable bonds is 7. The number of nitrogens with one attached hydrogen (secondary N) is 1. The lowest BCUT2D eigenvalue weighted by Crippen LogP contribution is -2.25. The fourth-order valence-electron chi connectivity index (χ4n) is 2.30. The lowest BCUT2D eigenvalue weighted by Gasteiger charge is -2.07. The molecule has 1 heterocycles. The van der Waals surface area contributed by atoms with Gasteiger partial charge in [0.1, 0.15) is 0 Å². The van der Waals surface area contributed by atoms with E-state index in [2.05, 4.69) is 36.5 Å². The first-order valence-electron chi connectivity index (χ1n) is 7.89. The van der Waals surface area contributed by atoms with Crippen molar-refractivity contribution >= 4 is 17.2 Å². The summed E-state index contributed by atoms with van der Waals surface area (Å²) >= 11 is 1.69. The summed E-state index contributed by atoms with van der Waals surface area (Å²) in [7, 11) is 0. The number of carbonyl (C=O) groups excluding carboxylic acids is 1. The first kappa shape index (κ1) is 16.7. The first-order chi connectivity index (χ1) is 10.6. The Balaban J connectivity index is 1.81. The molecule has 1 aromatic heterocycles. The highest BCUT2D eigenvalue weighted by atomic mass is 32.1. The van der Waals surface area contributed by atoms with Crippen LogP contribution in [0.3, 0.4) is 0 Å². The number of aryl methyl sites for hydroxylation is 1. The Morgan fingerprint density at radius 2 is 2.00 bits per heavy atom. The number of carbonyl (C=O) groups is 1. The summed E-state index contributed by atoms with van der Waals surface area (Å²) in [5.41, 5.74) is 3.07. The predicted octanol–water partition coefficient (Wildman–Crippen LogP) is 3.88. The van der Waals surface area contributed by atoms with E-state index in [0.29, 0.717) is 12.5 Å². The minimum absolute atomic E-state index is 0.0120. The molecule has 22 heavy (non-hydrogen) atoms. The monoisotopic (exact) mass is 316 g/mol. The molecule has 0 bridgehead atoms. The summed E-state index contributed by atoms with van der Waals surface area (Å²) in [4.78, 5) is 16.6. The van der Waals surface area contributed by atoms with Gasteiger partial charge in [-0.25, -0.2) is 4.98 Å². The molecule has 118 valence electrons. The Bertz CT molecular complexity index is 602. The number of aromatic nitrogens is 1. The van der Waals surface area contributed by atoms with Crippen LogP contribution in [0.25, 0.3) is 0 Å². The largest absolute Gasteiger partial charge is 0.352 e. The minimum atomic E-state index is -0.0120. The molecule has 2 aromatic rings. The van der Waals surface area contributed by atoms with Crippen molar-refractivity contribution in [3.05, 3.63) is 51.5 Å². The summed E-state index contributed by atoms with van der Waals surface area (Å²) in [6.07, 6.45) is 2.80. The van der Waals surface area contributed by atoms with E-state index in [9.17, 15) is 4.79 Å². The maximum Gasteiger partial charge on any atom is 0.251 e. The molecule has 0 fully saturated rings. The number of benzene rings is 1. The maximum atomic E-state index is 12.1. The van der Waals surface area contributed by atoms with Gasteiger partial charge in [-0.2, -0.15) is 0 Å². The van der Waals surface area contributed by atoms with E-state index < -0.39 is 0 Å². The number of hydrogen-bond acceptors (Lipinski definition) is 3. The van der Waals surface area contributed by atoms with Gasteiger partial charge in [-0.05, 0) is 36.5 Å². The zero-order valence-corrected chi connectivity index (χ0v) is 14.4. The average molecular weight is 316 g/mol. The Hall–Kier alpha value is -1.68. The third-order valence-electron chi connectivity index (χ3n) is 3.43. The summed E-state index contributed by atoms with van der Waals surface area (Å²) in [5.74, 6) is 0.618. The SMILES string of the molecule is CCc1nc(CCNC(=O)c2ccc(CC(C)C)cc2)cs1. The molecule has 4 heteroatoms. The van der Waals surface area contributed by atoms with Gasteiger partial charge in [0.2, 0.25) is 0 Å². The van der Waals surface area contributed by atoms with E-state index in [0.717, 1.165) is 35.5 Å². The summed E-state index contributed by atoms with van der Waals surface area (Å²) in [5, 5.41) is 6.19. The van der Waals surface area contributed by atoms with Gasteiger partial charge < -0.3 is 5.32 Å². The second-order valence-electron chi connectivity index (χ2n) is 5.89. The van der Waals surface area contributed by atoms with Gasteiger partial charge in [0.05, 0.1) is 10.7 Å². The standard InChI is InChI=1S/C18H24N2OS/c1-4-17-20-16(12-22-17)9-10-19-18(21)15-7-5-14(6-8-15)11-13(2)3/h5-8,12-13H,4,9-11H2,1-3H3,(H,19,21). The Labute approximate surface area is 136 Å². The van der Waals surface area contributed by atoms with Crippen molar-refractivity contribution in [2.75, 3.05) is 6.54 Å². The molecule has 0 aliphatic rings. The quantitative estimate of drug-likeness (QED) is 0.842. The highest BCUT2D eigenvalue weighted by Gasteiger charge is 2.06. The third kappa shape index (κ3) is 4.95. The second kappa shape index (κ2) is 8.08. The Kier molecular flexibility index (Phi) is 6.13. The maximum absolute atomic E-state index is 12.1. The van der Waals surface area contributed by atoms with Gasteiger partial charge >= 0.3 is 0 Å². The van der Waals surface area contributed by atoms with Crippen LogP contribution in [0.4, 0.5) is 0 Å². The first-order valence-corrected chi connectivity index (χ1v) is 8.77. The Morgan fingerprint density at radius 3 is 2.59 bits per heavy atom. The van der Waals surface area contributed by atoms with Crippen molar-refractivity contribution in [2.24, 2.45) is 5.92 Å². The molecule has 0 saturated carbocycles. The van der Waals surface area contributed by atoms with Crippen LogP contribution in [0.2, 0.25) is 0 Å². The molecule has 1 N–H and O–H groups in total. The van der Waals surface area contributed by atoms with Crippen molar-refractivity contribution in [1.82, 2.24) is 10.3 Å². The summed E-state index contributed by atoms with van der Waals surface area (Å²) in [6, 6.07) is 7.90. The molecule has 0 saturated heterocycles. The molecule has 0 spiro atoms. The average Bonchev–Trinajstić information content (AvgIpc) is 2.95. The van der Waals surface area contributed by atoms with E-state index in [-0.39, 0.29) is 5.91 Å². The number of thiazole rings is 1. The van der Waals surface area contributed by atoms with Crippen LogP contribution in [0, 0.1) is 5.92 Å². The van der Waals surface area contributed by atoms with Gasteiger partial charge in [0.15, 0.2) is 0 Å². The zero-order valence-electron chi connectivity index (χ0n) is 13.6. The molecule has 2 rings (SSSR count). The number of nitrogens with zero attached hydrogens (tertiary/aromatic N) is 1. The van der Waals surface area contributed by atoms with Gasteiger partial charge in [-0.1, -0.05) is 32.9 Å². The molecule has 0 radical (unpaired) electrons. The van der Waals surface area contributed by atoms with E-state index in [1.165, 1.54) is 5.56 Å². The van der Waals surface area contributed by atoms with Crippen LogP contribution < -0.4 is 5.32 Å². The molecule has 0 atom stereocenters.